The number of benzene rings is 2. The van der Waals surface area contributed by atoms with E-state index in [0.29, 0.717) is 25.0 Å². The van der Waals surface area contributed by atoms with Gasteiger partial charge >= 0.3 is 5.97 Å². The maximum atomic E-state index is 12.6. The zero-order chi connectivity index (χ0) is 21.1. The topological polar surface area (TPSA) is 35.5 Å². The molecule has 0 heterocycles. The molecular weight excluding hydrogens is 372 g/mol. The quantitative estimate of drug-likeness (QED) is 0.424. The Morgan fingerprint density at radius 2 is 1.87 bits per heavy atom. The normalized spacial score (nSPS) is 24.6. The number of hydrogen-bond donors (Lipinski definition) is 0. The van der Waals surface area contributed by atoms with Gasteiger partial charge in [-0.05, 0) is 48.3 Å². The number of rotatable bonds is 10. The number of esters is 1. The molecule has 0 spiro atoms. The molecule has 0 aliphatic heterocycles. The molecule has 2 aliphatic carbocycles. The molecule has 2 aromatic carbocycles. The van der Waals surface area contributed by atoms with Crippen LogP contribution in [0.1, 0.15) is 75.0 Å². The van der Waals surface area contributed by atoms with E-state index in [-0.39, 0.29) is 17.8 Å². The molecule has 1 saturated carbocycles. The summed E-state index contributed by atoms with van der Waals surface area (Å²) in [6, 6.07) is 16.7. The van der Waals surface area contributed by atoms with Crippen molar-refractivity contribution in [3.63, 3.8) is 0 Å². The molecule has 1 fully saturated rings. The molecule has 5 atom stereocenters. The van der Waals surface area contributed by atoms with Crippen molar-refractivity contribution >= 4 is 5.97 Å². The Hall–Kier alpha value is -2.29. The minimum absolute atomic E-state index is 0.00697. The SMILES string of the molecule is CCOC(=O)C1C2c3c(OCc4ccccc4)cccc3C(CCCC(C)CC)C12. The lowest BCUT2D eigenvalue weighted by Gasteiger charge is -2.20. The fraction of sp³-hybridized carbons (Fsp3) is 0.519. The van der Waals surface area contributed by atoms with Crippen LogP contribution in [0.25, 0.3) is 0 Å². The van der Waals surface area contributed by atoms with E-state index in [1.165, 1.54) is 30.4 Å². The minimum Gasteiger partial charge on any atom is -0.489 e. The second kappa shape index (κ2) is 9.24. The molecule has 0 aromatic heterocycles. The van der Waals surface area contributed by atoms with E-state index in [9.17, 15) is 4.79 Å². The number of carbonyl (C=O) groups is 1. The zero-order valence-corrected chi connectivity index (χ0v) is 18.5. The third kappa shape index (κ3) is 4.12. The Kier molecular flexibility index (Phi) is 6.46. The number of fused-ring (bicyclic) bond motifs is 3. The first kappa shape index (κ1) is 21.0. The molecule has 3 nitrogen and oxygen atoms in total. The zero-order valence-electron chi connectivity index (χ0n) is 18.5. The highest BCUT2D eigenvalue weighted by Gasteiger charge is 2.65. The maximum absolute atomic E-state index is 12.6. The summed E-state index contributed by atoms with van der Waals surface area (Å²) in [4.78, 5) is 12.6. The highest BCUT2D eigenvalue weighted by molar-refractivity contribution is 5.81. The van der Waals surface area contributed by atoms with Crippen LogP contribution < -0.4 is 4.74 Å². The van der Waals surface area contributed by atoms with E-state index in [4.69, 9.17) is 9.47 Å². The van der Waals surface area contributed by atoms with Crippen LogP contribution >= 0.6 is 0 Å². The van der Waals surface area contributed by atoms with E-state index in [2.05, 4.69) is 44.2 Å². The molecule has 0 radical (unpaired) electrons. The van der Waals surface area contributed by atoms with E-state index in [1.54, 1.807) is 0 Å². The van der Waals surface area contributed by atoms with Crippen LogP contribution in [0.2, 0.25) is 0 Å². The highest BCUT2D eigenvalue weighted by atomic mass is 16.5. The van der Waals surface area contributed by atoms with Crippen molar-refractivity contribution in [3.05, 3.63) is 65.2 Å². The lowest BCUT2D eigenvalue weighted by Crippen LogP contribution is -2.14. The molecule has 30 heavy (non-hydrogen) atoms. The number of hydrogen-bond acceptors (Lipinski definition) is 3. The van der Waals surface area contributed by atoms with Gasteiger partial charge < -0.3 is 9.47 Å². The summed E-state index contributed by atoms with van der Waals surface area (Å²) in [6.45, 7) is 7.49. The van der Waals surface area contributed by atoms with Crippen LogP contribution in [0.3, 0.4) is 0 Å². The number of ether oxygens (including phenoxy) is 2. The van der Waals surface area contributed by atoms with Crippen molar-refractivity contribution in [3.8, 4) is 5.75 Å². The van der Waals surface area contributed by atoms with Crippen LogP contribution in [0, 0.1) is 17.8 Å². The summed E-state index contributed by atoms with van der Waals surface area (Å²) in [7, 11) is 0. The average molecular weight is 407 g/mol. The van der Waals surface area contributed by atoms with E-state index in [0.717, 1.165) is 23.7 Å². The minimum atomic E-state index is -0.0251. The fourth-order valence-electron chi connectivity index (χ4n) is 5.30. The van der Waals surface area contributed by atoms with Crippen molar-refractivity contribution in [2.24, 2.45) is 17.8 Å². The van der Waals surface area contributed by atoms with Gasteiger partial charge in [0.1, 0.15) is 12.4 Å². The summed E-state index contributed by atoms with van der Waals surface area (Å²) in [5.41, 5.74) is 3.83. The van der Waals surface area contributed by atoms with Crippen LogP contribution in [0.15, 0.2) is 48.5 Å². The lowest BCUT2D eigenvalue weighted by molar-refractivity contribution is -0.145. The second-order valence-corrected chi connectivity index (χ2v) is 8.97. The molecule has 0 amide bonds. The predicted octanol–water partition coefficient (Wildman–Crippen LogP) is 6.47. The van der Waals surface area contributed by atoms with Crippen LogP contribution in [-0.4, -0.2) is 12.6 Å². The molecule has 5 unspecified atom stereocenters. The van der Waals surface area contributed by atoms with Gasteiger partial charge in [0.05, 0.1) is 12.5 Å². The molecule has 2 aromatic rings. The Bertz CT molecular complexity index is 860. The Morgan fingerprint density at radius 3 is 2.60 bits per heavy atom. The molecule has 160 valence electrons. The van der Waals surface area contributed by atoms with Crippen LogP contribution in [0.5, 0.6) is 5.75 Å². The largest absolute Gasteiger partial charge is 0.489 e. The van der Waals surface area contributed by atoms with Crippen molar-refractivity contribution < 1.29 is 14.3 Å². The van der Waals surface area contributed by atoms with Gasteiger partial charge in [-0.3, -0.25) is 4.79 Å². The smallest absolute Gasteiger partial charge is 0.309 e. The van der Waals surface area contributed by atoms with Gasteiger partial charge in [-0.2, -0.15) is 0 Å². The molecular formula is C27H34O3. The summed E-state index contributed by atoms with van der Waals surface area (Å²) < 4.78 is 11.7. The third-order valence-electron chi connectivity index (χ3n) is 7.08. The molecule has 3 heteroatoms. The van der Waals surface area contributed by atoms with Gasteiger partial charge in [0, 0.05) is 11.5 Å². The summed E-state index contributed by atoms with van der Waals surface area (Å²) >= 11 is 0. The lowest BCUT2D eigenvalue weighted by atomic mass is 9.87. The van der Waals surface area contributed by atoms with E-state index < -0.39 is 0 Å². The first-order valence-corrected chi connectivity index (χ1v) is 11.6. The summed E-state index contributed by atoms with van der Waals surface area (Å²) in [6.07, 6.45) is 4.85. The fourth-order valence-corrected chi connectivity index (χ4v) is 5.30. The first-order chi connectivity index (χ1) is 14.7. The van der Waals surface area contributed by atoms with Gasteiger partial charge in [-0.25, -0.2) is 0 Å². The predicted molar refractivity (Wildman–Crippen MR) is 120 cm³/mol. The van der Waals surface area contributed by atoms with Crippen LogP contribution in [-0.2, 0) is 16.1 Å². The van der Waals surface area contributed by atoms with Gasteiger partial charge in [-0.1, -0.05) is 75.6 Å². The van der Waals surface area contributed by atoms with Gasteiger partial charge in [0.25, 0.3) is 0 Å². The molecule has 0 saturated heterocycles. The van der Waals surface area contributed by atoms with E-state index in [1.807, 2.05) is 25.1 Å². The Labute approximate surface area is 180 Å². The molecule has 2 aliphatic rings. The first-order valence-electron chi connectivity index (χ1n) is 11.6. The Morgan fingerprint density at radius 1 is 1.07 bits per heavy atom. The van der Waals surface area contributed by atoms with Gasteiger partial charge in [0.2, 0.25) is 0 Å². The van der Waals surface area contributed by atoms with Crippen molar-refractivity contribution in [1.29, 1.82) is 0 Å². The van der Waals surface area contributed by atoms with E-state index >= 15 is 0 Å². The standard InChI is InChI=1S/C27H34O3/c1-4-18(3)11-9-14-21-20-15-10-16-22(30-17-19-12-7-6-8-13-19)23(20)25-24(21)26(25)27(28)29-5-2/h6-8,10,12-13,15-16,18,21,24-26H,4-5,9,11,14,17H2,1-3H3. The maximum Gasteiger partial charge on any atom is 0.309 e. The van der Waals surface area contributed by atoms with Gasteiger partial charge in [0.15, 0.2) is 0 Å². The van der Waals surface area contributed by atoms with Gasteiger partial charge in [-0.15, -0.1) is 0 Å². The molecule has 0 bridgehead atoms. The average Bonchev–Trinajstić information content (AvgIpc) is 3.42. The van der Waals surface area contributed by atoms with Crippen molar-refractivity contribution in [2.75, 3.05) is 6.61 Å². The Balaban J connectivity index is 1.55. The summed E-state index contributed by atoms with van der Waals surface area (Å²) in [5.74, 6) is 2.79. The monoisotopic (exact) mass is 406 g/mol. The van der Waals surface area contributed by atoms with Crippen molar-refractivity contribution in [1.82, 2.24) is 0 Å². The molecule has 0 N–H and O–H groups in total. The number of carbonyl (C=O) groups excluding carboxylic acids is 1. The van der Waals surface area contributed by atoms with Crippen molar-refractivity contribution in [2.45, 2.75) is 64.9 Å². The summed E-state index contributed by atoms with van der Waals surface area (Å²) in [5, 5.41) is 0. The highest BCUT2D eigenvalue weighted by Crippen LogP contribution is 2.70. The van der Waals surface area contributed by atoms with Crippen LogP contribution in [0.4, 0.5) is 0 Å². The molecule has 4 rings (SSSR count). The third-order valence-corrected chi connectivity index (χ3v) is 7.08. The second-order valence-electron chi connectivity index (χ2n) is 8.97.